The molecular formula is C10H17N3O. The molecule has 1 aliphatic carbocycles. The number of nitrogens with zero attached hydrogens (tertiary/aromatic N) is 3. The van der Waals surface area contributed by atoms with Crippen LogP contribution in [0.25, 0.3) is 0 Å². The molecule has 0 saturated heterocycles. The van der Waals surface area contributed by atoms with E-state index in [4.69, 9.17) is 5.11 Å². The molecule has 78 valence electrons. The smallest absolute Gasteiger partial charge is 0.158 e. The van der Waals surface area contributed by atoms with Gasteiger partial charge in [-0.15, -0.1) is 10.2 Å². The molecule has 1 N–H and O–H groups in total. The first-order valence-corrected chi connectivity index (χ1v) is 5.25. The molecule has 2 rings (SSSR count). The highest BCUT2D eigenvalue weighted by Gasteiger charge is 2.30. The molecule has 1 aromatic heterocycles. The summed E-state index contributed by atoms with van der Waals surface area (Å²) in [5.74, 6) is 2.94. The lowest BCUT2D eigenvalue weighted by Gasteiger charge is -2.10. The van der Waals surface area contributed by atoms with Crippen molar-refractivity contribution in [2.24, 2.45) is 5.92 Å². The summed E-state index contributed by atoms with van der Waals surface area (Å²) in [6.07, 6.45) is 2.45. The molecule has 0 amide bonds. The monoisotopic (exact) mass is 195 g/mol. The second kappa shape index (κ2) is 3.69. The van der Waals surface area contributed by atoms with Crippen LogP contribution < -0.4 is 0 Å². The van der Waals surface area contributed by atoms with Crippen LogP contribution in [0.3, 0.4) is 0 Å². The third kappa shape index (κ3) is 1.80. The summed E-state index contributed by atoms with van der Waals surface area (Å²) in [5.41, 5.74) is 0. The van der Waals surface area contributed by atoms with Crippen molar-refractivity contribution in [3.05, 3.63) is 11.6 Å². The van der Waals surface area contributed by atoms with Gasteiger partial charge in [-0.2, -0.15) is 0 Å². The summed E-state index contributed by atoms with van der Waals surface area (Å²) in [4.78, 5) is 0. The van der Waals surface area contributed by atoms with Gasteiger partial charge >= 0.3 is 0 Å². The minimum atomic E-state index is -0.00750. The molecule has 1 heterocycles. The lowest BCUT2D eigenvalue weighted by molar-refractivity contribution is 0.261. The zero-order valence-corrected chi connectivity index (χ0v) is 8.77. The molecule has 0 aliphatic heterocycles. The van der Waals surface area contributed by atoms with Crippen molar-refractivity contribution >= 4 is 0 Å². The highest BCUT2D eigenvalue weighted by Crippen LogP contribution is 2.39. The van der Waals surface area contributed by atoms with Crippen LogP contribution in [0.1, 0.15) is 44.3 Å². The van der Waals surface area contributed by atoms with E-state index >= 15 is 0 Å². The average molecular weight is 195 g/mol. The Bertz CT molecular complexity index is 315. The van der Waals surface area contributed by atoms with Crippen LogP contribution >= 0.6 is 0 Å². The van der Waals surface area contributed by atoms with E-state index < -0.39 is 0 Å². The summed E-state index contributed by atoms with van der Waals surface area (Å²) < 4.78 is 2.09. The van der Waals surface area contributed by atoms with Crippen molar-refractivity contribution in [1.29, 1.82) is 0 Å². The summed E-state index contributed by atoms with van der Waals surface area (Å²) in [5, 5.41) is 17.3. The first kappa shape index (κ1) is 9.65. The van der Waals surface area contributed by atoms with E-state index in [1.54, 1.807) is 0 Å². The maximum atomic E-state index is 9.12. The first-order valence-electron chi connectivity index (χ1n) is 5.25. The standard InChI is InChI=1S/C10H17N3O/c1-7(2)5-13-9(6-14)11-12-10(13)8-3-4-8/h7-8,14H,3-6H2,1-2H3. The van der Waals surface area contributed by atoms with E-state index in [9.17, 15) is 0 Å². The van der Waals surface area contributed by atoms with Gasteiger partial charge in [-0.3, -0.25) is 0 Å². The van der Waals surface area contributed by atoms with Gasteiger partial charge in [0.25, 0.3) is 0 Å². The van der Waals surface area contributed by atoms with E-state index in [1.165, 1.54) is 12.8 Å². The SMILES string of the molecule is CC(C)Cn1c(CO)nnc1C1CC1. The van der Waals surface area contributed by atoms with Crippen LogP contribution in [0.2, 0.25) is 0 Å². The van der Waals surface area contributed by atoms with E-state index in [0.717, 1.165) is 12.4 Å². The second-order valence-corrected chi connectivity index (χ2v) is 4.41. The molecule has 0 unspecified atom stereocenters. The number of aromatic nitrogens is 3. The van der Waals surface area contributed by atoms with Gasteiger partial charge in [0.1, 0.15) is 12.4 Å². The van der Waals surface area contributed by atoms with Crippen molar-refractivity contribution < 1.29 is 5.11 Å². The van der Waals surface area contributed by atoms with Gasteiger partial charge in [-0.05, 0) is 18.8 Å². The minimum absolute atomic E-state index is 0.00750. The normalized spacial score (nSPS) is 16.6. The summed E-state index contributed by atoms with van der Waals surface area (Å²) >= 11 is 0. The van der Waals surface area contributed by atoms with E-state index in [2.05, 4.69) is 28.6 Å². The van der Waals surface area contributed by atoms with E-state index in [0.29, 0.717) is 17.7 Å². The Labute approximate surface area is 84.0 Å². The molecule has 0 aromatic carbocycles. The van der Waals surface area contributed by atoms with Gasteiger partial charge in [-0.1, -0.05) is 13.8 Å². The Hall–Kier alpha value is -0.900. The van der Waals surface area contributed by atoms with E-state index in [1.807, 2.05) is 0 Å². The Morgan fingerprint density at radius 2 is 2.14 bits per heavy atom. The number of aliphatic hydroxyl groups excluding tert-OH is 1. The molecule has 4 heteroatoms. The van der Waals surface area contributed by atoms with Crippen molar-refractivity contribution in [3.8, 4) is 0 Å². The lowest BCUT2D eigenvalue weighted by atomic mass is 10.2. The molecule has 1 saturated carbocycles. The Kier molecular flexibility index (Phi) is 2.54. The fraction of sp³-hybridized carbons (Fsp3) is 0.800. The number of rotatable bonds is 4. The topological polar surface area (TPSA) is 50.9 Å². The van der Waals surface area contributed by atoms with Gasteiger partial charge in [-0.25, -0.2) is 0 Å². The molecule has 14 heavy (non-hydrogen) atoms. The summed E-state index contributed by atoms with van der Waals surface area (Å²) in [6.45, 7) is 5.23. The molecule has 0 bridgehead atoms. The van der Waals surface area contributed by atoms with Crippen LogP contribution in [0.4, 0.5) is 0 Å². The van der Waals surface area contributed by atoms with Crippen LogP contribution in [-0.4, -0.2) is 19.9 Å². The van der Waals surface area contributed by atoms with Gasteiger partial charge in [0, 0.05) is 12.5 Å². The van der Waals surface area contributed by atoms with Crippen molar-refractivity contribution in [1.82, 2.24) is 14.8 Å². The number of aliphatic hydroxyl groups is 1. The molecule has 0 spiro atoms. The highest BCUT2D eigenvalue weighted by atomic mass is 16.3. The van der Waals surface area contributed by atoms with Crippen LogP contribution in [-0.2, 0) is 13.2 Å². The Morgan fingerprint density at radius 1 is 1.43 bits per heavy atom. The Morgan fingerprint density at radius 3 is 2.64 bits per heavy atom. The molecule has 4 nitrogen and oxygen atoms in total. The fourth-order valence-corrected chi connectivity index (χ4v) is 1.67. The summed E-state index contributed by atoms with van der Waals surface area (Å²) in [7, 11) is 0. The highest BCUT2D eigenvalue weighted by molar-refractivity contribution is 5.08. The predicted octanol–water partition coefficient (Wildman–Crippen LogP) is 1.30. The van der Waals surface area contributed by atoms with Crippen molar-refractivity contribution in [3.63, 3.8) is 0 Å². The minimum Gasteiger partial charge on any atom is -0.388 e. The predicted molar refractivity (Wildman–Crippen MR) is 52.8 cm³/mol. The largest absolute Gasteiger partial charge is 0.388 e. The molecular weight excluding hydrogens is 178 g/mol. The third-order valence-corrected chi connectivity index (χ3v) is 2.49. The van der Waals surface area contributed by atoms with Crippen LogP contribution in [0.5, 0.6) is 0 Å². The molecule has 0 radical (unpaired) electrons. The van der Waals surface area contributed by atoms with Gasteiger partial charge in [0.2, 0.25) is 0 Å². The van der Waals surface area contributed by atoms with Gasteiger partial charge in [0.15, 0.2) is 5.82 Å². The molecule has 0 atom stereocenters. The Balaban J connectivity index is 2.25. The zero-order chi connectivity index (χ0) is 10.1. The van der Waals surface area contributed by atoms with Crippen LogP contribution in [0, 0.1) is 5.92 Å². The number of hydrogen-bond donors (Lipinski definition) is 1. The quantitative estimate of drug-likeness (QED) is 0.788. The van der Waals surface area contributed by atoms with Gasteiger partial charge < -0.3 is 9.67 Å². The second-order valence-electron chi connectivity index (χ2n) is 4.41. The maximum Gasteiger partial charge on any atom is 0.158 e. The third-order valence-electron chi connectivity index (χ3n) is 2.49. The molecule has 1 fully saturated rings. The first-order chi connectivity index (χ1) is 6.72. The zero-order valence-electron chi connectivity index (χ0n) is 8.77. The lowest BCUT2D eigenvalue weighted by Crippen LogP contribution is -2.11. The molecule has 1 aromatic rings. The van der Waals surface area contributed by atoms with Crippen molar-refractivity contribution in [2.75, 3.05) is 0 Å². The molecule has 1 aliphatic rings. The van der Waals surface area contributed by atoms with E-state index in [-0.39, 0.29) is 6.61 Å². The van der Waals surface area contributed by atoms with Gasteiger partial charge in [0.05, 0.1) is 0 Å². The summed E-state index contributed by atoms with van der Waals surface area (Å²) in [6, 6.07) is 0. The maximum absolute atomic E-state index is 9.12. The average Bonchev–Trinajstić information content (AvgIpc) is 2.89. The van der Waals surface area contributed by atoms with Crippen molar-refractivity contribution in [2.45, 2.75) is 45.8 Å². The van der Waals surface area contributed by atoms with Crippen LogP contribution in [0.15, 0.2) is 0 Å². The fourth-order valence-electron chi connectivity index (χ4n) is 1.67. The number of hydrogen-bond acceptors (Lipinski definition) is 3.